The Morgan fingerprint density at radius 2 is 1.74 bits per heavy atom. The lowest BCUT2D eigenvalue weighted by Crippen LogP contribution is -2.52. The number of hydrogen-bond donors (Lipinski definition) is 0. The number of ether oxygens (including phenoxy) is 1. The van der Waals surface area contributed by atoms with Gasteiger partial charge in [0.2, 0.25) is 5.91 Å². The Bertz CT molecular complexity index is 340. The minimum absolute atomic E-state index is 0.0590. The summed E-state index contributed by atoms with van der Waals surface area (Å²) in [4.78, 5) is 29.8. The van der Waals surface area contributed by atoms with Crippen molar-refractivity contribution < 1.29 is 14.3 Å². The Labute approximate surface area is 114 Å². The van der Waals surface area contributed by atoms with E-state index in [0.717, 1.165) is 39.0 Å². The Morgan fingerprint density at radius 1 is 1.05 bits per heavy atom. The first-order chi connectivity index (χ1) is 9.11. The third-order valence-corrected chi connectivity index (χ3v) is 4.02. The smallest absolute Gasteiger partial charge is 0.409 e. The molecule has 2 amide bonds. The van der Waals surface area contributed by atoms with E-state index in [2.05, 4.69) is 11.9 Å². The minimum atomic E-state index is -0.323. The van der Waals surface area contributed by atoms with Gasteiger partial charge in [-0.05, 0) is 19.9 Å². The highest BCUT2D eigenvalue weighted by Gasteiger charge is 2.32. The number of piperidine rings is 1. The monoisotopic (exact) mass is 269 g/mol. The van der Waals surface area contributed by atoms with Crippen molar-refractivity contribution in [3.63, 3.8) is 0 Å². The lowest BCUT2D eigenvalue weighted by Gasteiger charge is -2.37. The molecule has 1 unspecified atom stereocenters. The van der Waals surface area contributed by atoms with E-state index < -0.39 is 0 Å². The summed E-state index contributed by atoms with van der Waals surface area (Å²) < 4.78 is 4.73. The molecule has 0 aromatic carbocycles. The van der Waals surface area contributed by atoms with Crippen LogP contribution in [0, 0.1) is 5.92 Å². The number of likely N-dealkylation sites (tertiary alicyclic amines) is 1. The predicted octanol–water partition coefficient (Wildman–Crippen LogP) is 0.239. The van der Waals surface area contributed by atoms with E-state index in [1.165, 1.54) is 7.11 Å². The van der Waals surface area contributed by atoms with Gasteiger partial charge in [-0.3, -0.25) is 4.79 Å². The molecule has 19 heavy (non-hydrogen) atoms. The molecule has 108 valence electrons. The van der Waals surface area contributed by atoms with E-state index in [1.807, 2.05) is 4.90 Å². The molecule has 0 aliphatic carbocycles. The van der Waals surface area contributed by atoms with Crippen LogP contribution in [0.3, 0.4) is 0 Å². The first-order valence-corrected chi connectivity index (χ1v) is 6.92. The molecule has 2 aliphatic rings. The predicted molar refractivity (Wildman–Crippen MR) is 70.8 cm³/mol. The molecule has 6 nitrogen and oxygen atoms in total. The summed E-state index contributed by atoms with van der Waals surface area (Å²) in [5.41, 5.74) is 0. The maximum atomic E-state index is 12.4. The van der Waals surface area contributed by atoms with Gasteiger partial charge in [-0.25, -0.2) is 4.79 Å². The van der Waals surface area contributed by atoms with E-state index in [0.29, 0.717) is 13.1 Å². The van der Waals surface area contributed by atoms with Crippen molar-refractivity contribution in [1.29, 1.82) is 0 Å². The van der Waals surface area contributed by atoms with Crippen LogP contribution in [-0.4, -0.2) is 80.1 Å². The van der Waals surface area contributed by atoms with Crippen LogP contribution in [0.5, 0.6) is 0 Å². The Morgan fingerprint density at radius 3 is 2.37 bits per heavy atom. The van der Waals surface area contributed by atoms with Crippen molar-refractivity contribution in [1.82, 2.24) is 14.7 Å². The highest BCUT2D eigenvalue weighted by Crippen LogP contribution is 2.20. The quantitative estimate of drug-likeness (QED) is 0.684. The van der Waals surface area contributed by atoms with Gasteiger partial charge in [-0.15, -0.1) is 0 Å². The molecule has 2 aliphatic heterocycles. The summed E-state index contributed by atoms with van der Waals surface area (Å²) in [6, 6.07) is 0. The van der Waals surface area contributed by atoms with Crippen LogP contribution in [0.1, 0.15) is 12.8 Å². The molecule has 0 spiro atoms. The van der Waals surface area contributed by atoms with Gasteiger partial charge >= 0.3 is 6.09 Å². The highest BCUT2D eigenvalue weighted by atomic mass is 16.5. The highest BCUT2D eigenvalue weighted by molar-refractivity contribution is 5.80. The van der Waals surface area contributed by atoms with Crippen LogP contribution in [0.15, 0.2) is 0 Å². The molecular weight excluding hydrogens is 246 g/mol. The van der Waals surface area contributed by atoms with Crippen LogP contribution in [-0.2, 0) is 9.53 Å². The summed E-state index contributed by atoms with van der Waals surface area (Å²) >= 11 is 0. The summed E-state index contributed by atoms with van der Waals surface area (Å²) in [6.45, 7) is 4.64. The van der Waals surface area contributed by atoms with Crippen molar-refractivity contribution >= 4 is 12.0 Å². The van der Waals surface area contributed by atoms with Crippen LogP contribution in [0.25, 0.3) is 0 Å². The third kappa shape index (κ3) is 3.37. The van der Waals surface area contributed by atoms with Crippen molar-refractivity contribution in [2.75, 3.05) is 53.4 Å². The first-order valence-electron chi connectivity index (χ1n) is 6.92. The molecule has 2 fully saturated rings. The number of carbonyl (C=O) groups is 2. The SMILES string of the molecule is COC(=O)N1CCCC(C(=O)N2CCN(C)CC2)C1. The van der Waals surface area contributed by atoms with Crippen LogP contribution in [0.2, 0.25) is 0 Å². The van der Waals surface area contributed by atoms with Crippen LogP contribution in [0.4, 0.5) is 4.79 Å². The summed E-state index contributed by atoms with van der Waals surface area (Å²) in [5.74, 6) is 0.137. The van der Waals surface area contributed by atoms with Gasteiger partial charge in [0.15, 0.2) is 0 Å². The van der Waals surface area contributed by atoms with Gasteiger partial charge in [0.25, 0.3) is 0 Å². The average Bonchev–Trinajstić information content (AvgIpc) is 2.46. The third-order valence-electron chi connectivity index (χ3n) is 4.02. The summed E-state index contributed by atoms with van der Waals surface area (Å²) in [6.07, 6.45) is 1.42. The summed E-state index contributed by atoms with van der Waals surface area (Å²) in [5, 5.41) is 0. The average molecular weight is 269 g/mol. The van der Waals surface area contributed by atoms with Crippen LogP contribution >= 0.6 is 0 Å². The molecule has 0 aromatic heterocycles. The van der Waals surface area contributed by atoms with E-state index >= 15 is 0 Å². The molecule has 0 N–H and O–H groups in total. The second kappa shape index (κ2) is 6.23. The molecule has 0 bridgehead atoms. The van der Waals surface area contributed by atoms with Gasteiger partial charge in [-0.1, -0.05) is 0 Å². The number of nitrogens with zero attached hydrogens (tertiary/aromatic N) is 3. The zero-order valence-electron chi connectivity index (χ0n) is 11.8. The first kappa shape index (κ1) is 14.1. The molecule has 2 rings (SSSR count). The molecule has 1 atom stereocenters. The minimum Gasteiger partial charge on any atom is -0.453 e. The van der Waals surface area contributed by atoms with E-state index in [4.69, 9.17) is 4.74 Å². The second-order valence-electron chi connectivity index (χ2n) is 5.38. The molecular formula is C13H23N3O3. The standard InChI is InChI=1S/C13H23N3O3/c1-14-6-8-15(9-7-14)12(17)11-4-3-5-16(10-11)13(18)19-2/h11H,3-10H2,1-2H3. The number of methoxy groups -OCH3 is 1. The molecule has 0 saturated carbocycles. The maximum absolute atomic E-state index is 12.4. The van der Waals surface area contributed by atoms with Gasteiger partial charge in [-0.2, -0.15) is 0 Å². The topological polar surface area (TPSA) is 53.1 Å². The van der Waals surface area contributed by atoms with Gasteiger partial charge < -0.3 is 19.4 Å². The largest absolute Gasteiger partial charge is 0.453 e. The van der Waals surface area contributed by atoms with E-state index in [9.17, 15) is 9.59 Å². The molecule has 6 heteroatoms. The number of likely N-dealkylation sites (N-methyl/N-ethyl adjacent to an activating group) is 1. The van der Waals surface area contributed by atoms with Crippen molar-refractivity contribution in [2.24, 2.45) is 5.92 Å². The summed E-state index contributed by atoms with van der Waals surface area (Å²) in [7, 11) is 3.45. The Kier molecular flexibility index (Phi) is 4.63. The number of rotatable bonds is 1. The molecule has 0 aromatic rings. The number of piperazine rings is 1. The zero-order valence-corrected chi connectivity index (χ0v) is 11.8. The van der Waals surface area contributed by atoms with Crippen LogP contribution < -0.4 is 0 Å². The fourth-order valence-corrected chi connectivity index (χ4v) is 2.76. The number of carbonyl (C=O) groups excluding carboxylic acids is 2. The van der Waals surface area contributed by atoms with Gasteiger partial charge in [0, 0.05) is 39.3 Å². The van der Waals surface area contributed by atoms with Crippen molar-refractivity contribution in [3.8, 4) is 0 Å². The fourth-order valence-electron chi connectivity index (χ4n) is 2.76. The number of amides is 2. The van der Waals surface area contributed by atoms with Gasteiger partial charge in [0.05, 0.1) is 13.0 Å². The van der Waals surface area contributed by atoms with Crippen molar-refractivity contribution in [2.45, 2.75) is 12.8 Å². The normalized spacial score (nSPS) is 25.3. The van der Waals surface area contributed by atoms with Gasteiger partial charge in [0.1, 0.15) is 0 Å². The van der Waals surface area contributed by atoms with E-state index in [-0.39, 0.29) is 17.9 Å². The Hall–Kier alpha value is -1.30. The fraction of sp³-hybridized carbons (Fsp3) is 0.846. The lowest BCUT2D eigenvalue weighted by atomic mass is 9.96. The Balaban J connectivity index is 1.90. The zero-order chi connectivity index (χ0) is 13.8. The molecule has 2 heterocycles. The maximum Gasteiger partial charge on any atom is 0.409 e. The number of hydrogen-bond acceptors (Lipinski definition) is 4. The molecule has 0 radical (unpaired) electrons. The second-order valence-corrected chi connectivity index (χ2v) is 5.38. The lowest BCUT2D eigenvalue weighted by molar-refractivity contribution is -0.138. The van der Waals surface area contributed by atoms with Crippen molar-refractivity contribution in [3.05, 3.63) is 0 Å². The molecule has 2 saturated heterocycles. The van der Waals surface area contributed by atoms with E-state index in [1.54, 1.807) is 4.90 Å².